The van der Waals surface area contributed by atoms with Gasteiger partial charge in [-0.3, -0.25) is 0 Å². The zero-order chi connectivity index (χ0) is 10.2. The summed E-state index contributed by atoms with van der Waals surface area (Å²) in [5, 5.41) is 12.1. The Bertz CT molecular complexity index is 138. The third kappa shape index (κ3) is 4.43. The zero-order valence-electron chi connectivity index (χ0n) is 9.47. The topological polar surface area (TPSA) is 32.3 Å². The molecule has 0 amide bonds. The second kappa shape index (κ2) is 7.24. The van der Waals surface area contributed by atoms with Crippen LogP contribution in [0.1, 0.15) is 45.4 Å². The highest BCUT2D eigenvalue weighted by Gasteiger charge is 2.22. The van der Waals surface area contributed by atoms with Crippen LogP contribution in [0.25, 0.3) is 0 Å². The molecule has 0 bridgehead atoms. The van der Waals surface area contributed by atoms with Crippen LogP contribution in [0.15, 0.2) is 0 Å². The maximum absolute atomic E-state index is 8.61. The fourth-order valence-corrected chi connectivity index (χ4v) is 2.35. The molecule has 1 aliphatic rings. The first kappa shape index (κ1) is 12.0. The van der Waals surface area contributed by atoms with Gasteiger partial charge in [-0.25, -0.2) is 0 Å². The number of nitrogens with one attached hydrogen (secondary N) is 1. The summed E-state index contributed by atoms with van der Waals surface area (Å²) in [7, 11) is 0. The third-order valence-corrected chi connectivity index (χ3v) is 3.46. The molecular formula is C12H25NO. The van der Waals surface area contributed by atoms with E-state index in [9.17, 15) is 0 Å². The molecule has 2 heteroatoms. The lowest BCUT2D eigenvalue weighted by Gasteiger charge is -2.15. The van der Waals surface area contributed by atoms with Crippen molar-refractivity contribution in [3.05, 3.63) is 0 Å². The second-order valence-corrected chi connectivity index (χ2v) is 4.66. The summed E-state index contributed by atoms with van der Waals surface area (Å²) in [5.74, 6) is 1.85. The summed E-state index contributed by atoms with van der Waals surface area (Å²) in [6, 6.07) is 0. The van der Waals surface area contributed by atoms with E-state index in [0.29, 0.717) is 6.61 Å². The molecule has 84 valence electrons. The van der Waals surface area contributed by atoms with E-state index in [1.54, 1.807) is 0 Å². The van der Waals surface area contributed by atoms with Crippen molar-refractivity contribution in [2.24, 2.45) is 11.8 Å². The Morgan fingerprint density at radius 1 is 1.21 bits per heavy atom. The molecule has 0 aliphatic heterocycles. The Labute approximate surface area is 88.1 Å². The van der Waals surface area contributed by atoms with Crippen LogP contribution in [0.3, 0.4) is 0 Å². The quantitative estimate of drug-likeness (QED) is 0.616. The molecule has 0 saturated heterocycles. The van der Waals surface area contributed by atoms with E-state index >= 15 is 0 Å². The van der Waals surface area contributed by atoms with Crippen LogP contribution >= 0.6 is 0 Å². The van der Waals surface area contributed by atoms with Gasteiger partial charge in [-0.1, -0.05) is 19.8 Å². The lowest BCUT2D eigenvalue weighted by molar-refractivity contribution is 0.282. The third-order valence-electron chi connectivity index (χ3n) is 3.46. The monoisotopic (exact) mass is 199 g/mol. The summed E-state index contributed by atoms with van der Waals surface area (Å²) in [6.07, 6.45) is 7.60. The maximum atomic E-state index is 8.61. The van der Waals surface area contributed by atoms with Crippen LogP contribution in [0.4, 0.5) is 0 Å². The van der Waals surface area contributed by atoms with Gasteiger partial charge >= 0.3 is 0 Å². The van der Waals surface area contributed by atoms with Gasteiger partial charge in [-0.2, -0.15) is 0 Å². The van der Waals surface area contributed by atoms with E-state index in [2.05, 4.69) is 12.2 Å². The summed E-state index contributed by atoms with van der Waals surface area (Å²) < 4.78 is 0. The zero-order valence-corrected chi connectivity index (χ0v) is 9.47. The normalized spacial score (nSPS) is 27.0. The van der Waals surface area contributed by atoms with Crippen molar-refractivity contribution < 1.29 is 5.11 Å². The van der Waals surface area contributed by atoms with Crippen LogP contribution < -0.4 is 5.32 Å². The van der Waals surface area contributed by atoms with Crippen molar-refractivity contribution in [1.82, 2.24) is 5.32 Å². The number of unbranched alkanes of at least 4 members (excludes halogenated alkanes) is 2. The summed E-state index contributed by atoms with van der Waals surface area (Å²) in [4.78, 5) is 0. The van der Waals surface area contributed by atoms with Crippen LogP contribution in [0.5, 0.6) is 0 Å². The first-order valence-corrected chi connectivity index (χ1v) is 6.16. The Morgan fingerprint density at radius 3 is 2.71 bits per heavy atom. The SMILES string of the molecule is CC1CCCC1CNCCCCCO. The number of hydrogen-bond donors (Lipinski definition) is 2. The largest absolute Gasteiger partial charge is 0.396 e. The molecule has 0 aromatic carbocycles. The lowest BCUT2D eigenvalue weighted by atomic mass is 9.98. The Hall–Kier alpha value is -0.0800. The fourth-order valence-electron chi connectivity index (χ4n) is 2.35. The predicted molar refractivity (Wildman–Crippen MR) is 60.3 cm³/mol. The molecule has 0 heterocycles. The highest BCUT2D eigenvalue weighted by atomic mass is 16.2. The van der Waals surface area contributed by atoms with Crippen molar-refractivity contribution in [2.75, 3.05) is 19.7 Å². The van der Waals surface area contributed by atoms with Crippen LogP contribution in [-0.2, 0) is 0 Å². The van der Waals surface area contributed by atoms with Crippen molar-refractivity contribution in [3.8, 4) is 0 Å². The summed E-state index contributed by atoms with van der Waals surface area (Å²) in [5.41, 5.74) is 0. The van der Waals surface area contributed by atoms with Gasteiger partial charge in [0.1, 0.15) is 0 Å². The van der Waals surface area contributed by atoms with E-state index in [-0.39, 0.29) is 0 Å². The molecule has 2 atom stereocenters. The minimum Gasteiger partial charge on any atom is -0.396 e. The highest BCUT2D eigenvalue weighted by Crippen LogP contribution is 2.30. The average molecular weight is 199 g/mol. The van der Waals surface area contributed by atoms with Gasteiger partial charge in [0.2, 0.25) is 0 Å². The van der Waals surface area contributed by atoms with Crippen molar-refractivity contribution in [3.63, 3.8) is 0 Å². The molecule has 2 N–H and O–H groups in total. The summed E-state index contributed by atoms with van der Waals surface area (Å²) >= 11 is 0. The van der Waals surface area contributed by atoms with E-state index < -0.39 is 0 Å². The van der Waals surface area contributed by atoms with Gasteiger partial charge in [0.25, 0.3) is 0 Å². The molecule has 1 rings (SSSR count). The molecule has 1 saturated carbocycles. The number of rotatable bonds is 7. The van der Waals surface area contributed by atoms with Gasteiger partial charge in [0.05, 0.1) is 0 Å². The molecule has 14 heavy (non-hydrogen) atoms. The summed E-state index contributed by atoms with van der Waals surface area (Å²) in [6.45, 7) is 5.06. The Morgan fingerprint density at radius 2 is 2.07 bits per heavy atom. The lowest BCUT2D eigenvalue weighted by Crippen LogP contribution is -2.25. The van der Waals surface area contributed by atoms with E-state index in [1.807, 2.05) is 0 Å². The highest BCUT2D eigenvalue weighted by molar-refractivity contribution is 4.75. The van der Waals surface area contributed by atoms with Gasteiger partial charge in [-0.15, -0.1) is 0 Å². The number of aliphatic hydroxyl groups is 1. The minimum atomic E-state index is 0.347. The predicted octanol–water partition coefficient (Wildman–Crippen LogP) is 2.17. The van der Waals surface area contributed by atoms with Gasteiger partial charge in [0, 0.05) is 6.61 Å². The molecule has 1 aliphatic carbocycles. The van der Waals surface area contributed by atoms with Crippen molar-refractivity contribution >= 4 is 0 Å². The smallest absolute Gasteiger partial charge is 0.0431 e. The van der Waals surface area contributed by atoms with Crippen LogP contribution in [0.2, 0.25) is 0 Å². The molecule has 0 spiro atoms. The molecule has 2 nitrogen and oxygen atoms in total. The molecule has 0 aromatic rings. The Balaban J connectivity index is 1.88. The second-order valence-electron chi connectivity index (χ2n) is 4.66. The first-order chi connectivity index (χ1) is 6.84. The number of hydrogen-bond acceptors (Lipinski definition) is 2. The van der Waals surface area contributed by atoms with E-state index in [0.717, 1.165) is 31.2 Å². The van der Waals surface area contributed by atoms with Crippen molar-refractivity contribution in [2.45, 2.75) is 45.4 Å². The molecule has 1 fully saturated rings. The fraction of sp³-hybridized carbons (Fsp3) is 1.00. The average Bonchev–Trinajstić information content (AvgIpc) is 2.58. The molecule has 0 aromatic heterocycles. The van der Waals surface area contributed by atoms with E-state index in [1.165, 1.54) is 32.2 Å². The molecule has 2 unspecified atom stereocenters. The standard InChI is InChI=1S/C12H25NO/c1-11-6-5-7-12(11)10-13-8-3-2-4-9-14/h11-14H,2-10H2,1H3. The van der Waals surface area contributed by atoms with Crippen LogP contribution in [-0.4, -0.2) is 24.8 Å². The minimum absolute atomic E-state index is 0.347. The molecule has 0 radical (unpaired) electrons. The van der Waals surface area contributed by atoms with Gasteiger partial charge < -0.3 is 10.4 Å². The van der Waals surface area contributed by atoms with E-state index in [4.69, 9.17) is 5.11 Å². The Kier molecular flexibility index (Phi) is 6.20. The van der Waals surface area contributed by atoms with Crippen LogP contribution in [0, 0.1) is 11.8 Å². The number of aliphatic hydroxyl groups excluding tert-OH is 1. The van der Waals surface area contributed by atoms with Gasteiger partial charge in [0.15, 0.2) is 0 Å². The first-order valence-electron chi connectivity index (χ1n) is 6.16. The maximum Gasteiger partial charge on any atom is 0.0431 e. The van der Waals surface area contributed by atoms with Crippen molar-refractivity contribution in [1.29, 1.82) is 0 Å². The molecular weight excluding hydrogens is 174 g/mol. The van der Waals surface area contributed by atoms with Gasteiger partial charge in [-0.05, 0) is 50.6 Å².